The van der Waals surface area contributed by atoms with Crippen LogP contribution in [0.25, 0.3) is 0 Å². The molecule has 0 radical (unpaired) electrons. The highest BCUT2D eigenvalue weighted by Gasteiger charge is 2.36. The monoisotopic (exact) mass is 427 g/mol. The van der Waals surface area contributed by atoms with Crippen LogP contribution in [0, 0.1) is 0 Å². The molecule has 30 heavy (non-hydrogen) atoms. The normalized spacial score (nSPS) is 16.5. The van der Waals surface area contributed by atoms with Gasteiger partial charge in [0.2, 0.25) is 11.8 Å². The molecule has 1 heterocycles. The minimum Gasteiger partial charge on any atom is -0.353 e. The van der Waals surface area contributed by atoms with Crippen LogP contribution in [0.1, 0.15) is 37.8 Å². The van der Waals surface area contributed by atoms with Gasteiger partial charge in [0.15, 0.2) is 0 Å². The lowest BCUT2D eigenvalue weighted by Gasteiger charge is -2.28. The molecule has 1 saturated heterocycles. The molecule has 0 saturated carbocycles. The summed E-state index contributed by atoms with van der Waals surface area (Å²) in [6.45, 7) is 6.83. The third-order valence-corrected chi connectivity index (χ3v) is 5.96. The first-order valence-corrected chi connectivity index (χ1v) is 10.9. The molecule has 0 aliphatic carbocycles. The van der Waals surface area contributed by atoms with Crippen LogP contribution in [-0.2, 0) is 22.7 Å². The molecular formula is C24H30ClN3O2. The Labute approximate surface area is 184 Å². The first-order valence-electron chi connectivity index (χ1n) is 10.5. The Balaban J connectivity index is 1.55. The Bertz CT molecular complexity index is 857. The fourth-order valence-electron chi connectivity index (χ4n) is 3.79. The fraction of sp³-hybridized carbons (Fsp3) is 0.417. The number of nitrogens with one attached hydrogen (secondary N) is 1. The molecule has 0 bridgehead atoms. The van der Waals surface area contributed by atoms with Crippen molar-refractivity contribution in [1.82, 2.24) is 15.1 Å². The van der Waals surface area contributed by atoms with Gasteiger partial charge in [-0.05, 0) is 37.5 Å². The largest absolute Gasteiger partial charge is 0.353 e. The third-order valence-electron chi connectivity index (χ3n) is 5.59. The molecule has 3 rings (SSSR count). The van der Waals surface area contributed by atoms with E-state index in [-0.39, 0.29) is 11.8 Å². The van der Waals surface area contributed by atoms with Crippen molar-refractivity contribution in [1.29, 1.82) is 0 Å². The van der Waals surface area contributed by atoms with Crippen molar-refractivity contribution in [3.8, 4) is 0 Å². The van der Waals surface area contributed by atoms with Crippen LogP contribution in [0.4, 0.5) is 0 Å². The molecular weight excluding hydrogens is 398 g/mol. The summed E-state index contributed by atoms with van der Waals surface area (Å²) in [5, 5.41) is 3.65. The Kier molecular flexibility index (Phi) is 7.88. The standard InChI is InChI=1S/C24H30ClN3O2/c1-18(2)27(16-19-8-4-3-5-9-19)15-14-26-24(30)22-12-13-23(29)28(22)17-20-10-6-7-11-21(20)25/h3-11,18,22H,12-17H2,1-2H3,(H,26,30)/t22-/m1/s1. The van der Waals surface area contributed by atoms with E-state index in [1.54, 1.807) is 11.0 Å². The summed E-state index contributed by atoms with van der Waals surface area (Å²) in [6, 6.07) is 17.7. The predicted octanol–water partition coefficient (Wildman–Crippen LogP) is 3.86. The summed E-state index contributed by atoms with van der Waals surface area (Å²) < 4.78 is 0. The summed E-state index contributed by atoms with van der Waals surface area (Å²) in [5.41, 5.74) is 2.12. The Morgan fingerprint density at radius 2 is 1.87 bits per heavy atom. The summed E-state index contributed by atoms with van der Waals surface area (Å²) in [7, 11) is 0. The summed E-state index contributed by atoms with van der Waals surface area (Å²) >= 11 is 6.25. The molecule has 160 valence electrons. The van der Waals surface area contributed by atoms with Gasteiger partial charge in [0.05, 0.1) is 0 Å². The van der Waals surface area contributed by atoms with Crippen molar-refractivity contribution in [3.05, 3.63) is 70.7 Å². The fourth-order valence-corrected chi connectivity index (χ4v) is 3.99. The van der Waals surface area contributed by atoms with Crippen molar-refractivity contribution < 1.29 is 9.59 Å². The van der Waals surface area contributed by atoms with Crippen LogP contribution in [-0.4, -0.2) is 46.8 Å². The van der Waals surface area contributed by atoms with Gasteiger partial charge in [-0.25, -0.2) is 0 Å². The smallest absolute Gasteiger partial charge is 0.242 e. The van der Waals surface area contributed by atoms with E-state index in [2.05, 4.69) is 36.2 Å². The summed E-state index contributed by atoms with van der Waals surface area (Å²) in [4.78, 5) is 29.2. The zero-order chi connectivity index (χ0) is 21.5. The van der Waals surface area contributed by atoms with Gasteiger partial charge in [-0.15, -0.1) is 0 Å². The van der Waals surface area contributed by atoms with Gasteiger partial charge in [0.25, 0.3) is 0 Å². The highest BCUT2D eigenvalue weighted by atomic mass is 35.5. The number of rotatable bonds is 9. The average molecular weight is 428 g/mol. The van der Waals surface area contributed by atoms with Gasteiger partial charge in [-0.1, -0.05) is 60.1 Å². The van der Waals surface area contributed by atoms with E-state index in [4.69, 9.17) is 11.6 Å². The summed E-state index contributed by atoms with van der Waals surface area (Å²) in [5.74, 6) is -0.0840. The Morgan fingerprint density at radius 3 is 2.57 bits per heavy atom. The van der Waals surface area contributed by atoms with Gasteiger partial charge in [-0.2, -0.15) is 0 Å². The first-order chi connectivity index (χ1) is 14.5. The van der Waals surface area contributed by atoms with Gasteiger partial charge in [-0.3, -0.25) is 14.5 Å². The Morgan fingerprint density at radius 1 is 1.17 bits per heavy atom. The van der Waals surface area contributed by atoms with E-state index in [1.165, 1.54) is 5.56 Å². The molecule has 0 unspecified atom stereocenters. The number of hydrogen-bond acceptors (Lipinski definition) is 3. The van der Waals surface area contributed by atoms with Gasteiger partial charge in [0, 0.05) is 43.7 Å². The molecule has 0 aromatic heterocycles. The van der Waals surface area contributed by atoms with Crippen LogP contribution in [0.5, 0.6) is 0 Å². The summed E-state index contributed by atoms with van der Waals surface area (Å²) in [6.07, 6.45) is 0.946. The van der Waals surface area contributed by atoms with E-state index >= 15 is 0 Å². The molecule has 1 atom stereocenters. The molecule has 2 aromatic rings. The number of amides is 2. The first kappa shape index (κ1) is 22.3. The molecule has 1 fully saturated rings. The highest BCUT2D eigenvalue weighted by molar-refractivity contribution is 6.31. The third kappa shape index (κ3) is 5.83. The number of nitrogens with zero attached hydrogens (tertiary/aromatic N) is 2. The van der Waals surface area contributed by atoms with Gasteiger partial charge in [0.1, 0.15) is 6.04 Å². The Hall–Kier alpha value is -2.37. The van der Waals surface area contributed by atoms with Gasteiger partial charge < -0.3 is 10.2 Å². The lowest BCUT2D eigenvalue weighted by molar-refractivity contribution is -0.135. The lowest BCUT2D eigenvalue weighted by atomic mass is 10.1. The van der Waals surface area contributed by atoms with Crippen LogP contribution < -0.4 is 5.32 Å². The molecule has 0 spiro atoms. The van der Waals surface area contributed by atoms with Crippen molar-refractivity contribution in [2.24, 2.45) is 0 Å². The number of benzene rings is 2. The van der Waals surface area contributed by atoms with E-state index in [1.807, 2.05) is 36.4 Å². The van der Waals surface area contributed by atoms with E-state index < -0.39 is 6.04 Å². The molecule has 6 heteroatoms. The number of hydrogen-bond donors (Lipinski definition) is 1. The zero-order valence-corrected chi connectivity index (χ0v) is 18.4. The maximum atomic E-state index is 12.8. The van der Waals surface area contributed by atoms with Crippen molar-refractivity contribution in [3.63, 3.8) is 0 Å². The molecule has 1 N–H and O–H groups in total. The number of halogens is 1. The van der Waals surface area contributed by atoms with Crippen LogP contribution >= 0.6 is 11.6 Å². The maximum absolute atomic E-state index is 12.8. The number of likely N-dealkylation sites (tertiary alicyclic amines) is 1. The second kappa shape index (κ2) is 10.6. The van der Waals surface area contributed by atoms with E-state index in [0.717, 1.165) is 18.7 Å². The topological polar surface area (TPSA) is 52.7 Å². The number of carbonyl (C=O) groups excluding carboxylic acids is 2. The molecule has 1 aliphatic heterocycles. The molecule has 1 aliphatic rings. The van der Waals surface area contributed by atoms with Crippen molar-refractivity contribution in [2.45, 2.75) is 51.9 Å². The maximum Gasteiger partial charge on any atom is 0.242 e. The number of carbonyl (C=O) groups is 2. The molecule has 2 amide bonds. The van der Waals surface area contributed by atoms with Crippen LogP contribution in [0.15, 0.2) is 54.6 Å². The van der Waals surface area contributed by atoms with Crippen molar-refractivity contribution in [2.75, 3.05) is 13.1 Å². The predicted molar refractivity (Wildman–Crippen MR) is 120 cm³/mol. The van der Waals surface area contributed by atoms with Crippen molar-refractivity contribution >= 4 is 23.4 Å². The minimum atomic E-state index is -0.435. The zero-order valence-electron chi connectivity index (χ0n) is 17.7. The minimum absolute atomic E-state index is 0.00274. The second-order valence-corrected chi connectivity index (χ2v) is 8.42. The van der Waals surface area contributed by atoms with Gasteiger partial charge >= 0.3 is 0 Å². The van der Waals surface area contributed by atoms with Crippen LogP contribution in [0.2, 0.25) is 5.02 Å². The SMILES string of the molecule is CC(C)N(CCNC(=O)[C@H]1CCC(=O)N1Cc1ccccc1Cl)Cc1ccccc1. The average Bonchev–Trinajstić information content (AvgIpc) is 3.10. The van der Waals surface area contributed by atoms with E-state index in [0.29, 0.717) is 37.0 Å². The molecule has 5 nitrogen and oxygen atoms in total. The second-order valence-electron chi connectivity index (χ2n) is 8.01. The quantitative estimate of drug-likeness (QED) is 0.661. The van der Waals surface area contributed by atoms with E-state index in [9.17, 15) is 9.59 Å². The highest BCUT2D eigenvalue weighted by Crippen LogP contribution is 2.24. The lowest BCUT2D eigenvalue weighted by Crippen LogP contribution is -2.46. The van der Waals surface area contributed by atoms with Crippen LogP contribution in [0.3, 0.4) is 0 Å². The molecule has 2 aromatic carbocycles.